The second-order valence-corrected chi connectivity index (χ2v) is 7.99. The number of carbonyl (C=O) groups is 3. The van der Waals surface area contributed by atoms with Crippen molar-refractivity contribution >= 4 is 29.4 Å². The highest BCUT2D eigenvalue weighted by molar-refractivity contribution is 6.30. The van der Waals surface area contributed by atoms with Crippen molar-refractivity contribution in [2.45, 2.75) is 32.7 Å². The average molecular weight is 432 g/mol. The molecule has 0 aliphatic rings. The smallest absolute Gasteiger partial charge is 0.308 e. The summed E-state index contributed by atoms with van der Waals surface area (Å²) in [5.74, 6) is -1.47. The molecule has 160 valence electrons. The van der Waals surface area contributed by atoms with E-state index in [4.69, 9.17) is 22.1 Å². The molecule has 2 aromatic carbocycles. The normalized spacial score (nSPS) is 11.0. The average Bonchev–Trinajstić information content (AvgIpc) is 2.70. The Balaban J connectivity index is 2.46. The van der Waals surface area contributed by atoms with Crippen LogP contribution in [-0.4, -0.2) is 46.6 Å². The highest BCUT2D eigenvalue weighted by Crippen LogP contribution is 2.23. The van der Waals surface area contributed by atoms with E-state index < -0.39 is 30.1 Å². The molecule has 0 spiro atoms. The number of rotatable bonds is 6. The molecule has 0 heterocycles. The largest absolute Gasteiger partial charge is 0.442 e. The molecule has 0 saturated carbocycles. The third kappa shape index (κ3) is 6.05. The van der Waals surface area contributed by atoms with E-state index in [0.717, 1.165) is 5.01 Å². The molecule has 2 rings (SSSR count). The van der Waals surface area contributed by atoms with Gasteiger partial charge >= 0.3 is 5.97 Å². The number of nitrogens with two attached hydrogens (primary N) is 1. The molecule has 0 saturated heterocycles. The lowest BCUT2D eigenvalue weighted by atomic mass is 10.1. The zero-order chi connectivity index (χ0) is 22.3. The standard InChI is InChI=1S/C22H26ClN3O4/c1-22(2,3)26(21(29)16-7-5-4-6-8-16)25(15-30-19(27)13-14-24)20(28)17-9-11-18(23)12-10-17/h4-12H,13-15,24H2,1-3H3. The summed E-state index contributed by atoms with van der Waals surface area (Å²) in [5.41, 5.74) is 5.29. The maximum Gasteiger partial charge on any atom is 0.308 e. The van der Waals surface area contributed by atoms with Crippen LogP contribution in [-0.2, 0) is 9.53 Å². The molecule has 0 aliphatic carbocycles. The number of halogens is 1. The zero-order valence-corrected chi connectivity index (χ0v) is 18.1. The van der Waals surface area contributed by atoms with Crippen LogP contribution in [0.1, 0.15) is 47.9 Å². The second-order valence-electron chi connectivity index (χ2n) is 7.55. The van der Waals surface area contributed by atoms with Crippen molar-refractivity contribution in [3.63, 3.8) is 0 Å². The molecule has 0 atom stereocenters. The number of nitrogens with zero attached hydrogens (tertiary/aromatic N) is 2. The van der Waals surface area contributed by atoms with E-state index >= 15 is 0 Å². The summed E-state index contributed by atoms with van der Waals surface area (Å²) in [5, 5.41) is 2.91. The van der Waals surface area contributed by atoms with Crippen molar-refractivity contribution < 1.29 is 19.1 Å². The van der Waals surface area contributed by atoms with Gasteiger partial charge in [-0.3, -0.25) is 14.4 Å². The Morgan fingerprint density at radius 3 is 2.03 bits per heavy atom. The van der Waals surface area contributed by atoms with Gasteiger partial charge in [0.25, 0.3) is 11.8 Å². The molecule has 0 aliphatic heterocycles. The number of esters is 1. The lowest BCUT2D eigenvalue weighted by Gasteiger charge is -2.42. The van der Waals surface area contributed by atoms with Crippen LogP contribution in [0.3, 0.4) is 0 Å². The Kier molecular flexibility index (Phi) is 7.97. The molecular formula is C22H26ClN3O4. The van der Waals surface area contributed by atoms with Crippen LogP contribution in [0.5, 0.6) is 0 Å². The van der Waals surface area contributed by atoms with Gasteiger partial charge in [0.2, 0.25) is 0 Å². The van der Waals surface area contributed by atoms with Gasteiger partial charge in [-0.1, -0.05) is 29.8 Å². The van der Waals surface area contributed by atoms with E-state index in [0.29, 0.717) is 16.1 Å². The molecule has 0 fully saturated rings. The maximum atomic E-state index is 13.3. The van der Waals surface area contributed by atoms with Crippen LogP contribution in [0.15, 0.2) is 54.6 Å². The Morgan fingerprint density at radius 1 is 0.933 bits per heavy atom. The molecule has 2 aromatic rings. The van der Waals surface area contributed by atoms with Gasteiger partial charge in [0.05, 0.1) is 12.0 Å². The van der Waals surface area contributed by atoms with Crippen molar-refractivity contribution in [3.05, 3.63) is 70.7 Å². The van der Waals surface area contributed by atoms with Gasteiger partial charge in [0.1, 0.15) is 0 Å². The molecule has 0 bridgehead atoms. The van der Waals surface area contributed by atoms with Crippen LogP contribution in [0.2, 0.25) is 5.02 Å². The number of hydrogen-bond donors (Lipinski definition) is 1. The van der Waals surface area contributed by atoms with Gasteiger partial charge in [0.15, 0.2) is 6.73 Å². The van der Waals surface area contributed by atoms with Gasteiger partial charge in [-0.2, -0.15) is 0 Å². The first-order valence-electron chi connectivity index (χ1n) is 9.48. The molecule has 7 nitrogen and oxygen atoms in total. The molecule has 2 amide bonds. The zero-order valence-electron chi connectivity index (χ0n) is 17.3. The third-order valence-electron chi connectivity index (χ3n) is 4.11. The minimum absolute atomic E-state index is 0.00508. The quantitative estimate of drug-likeness (QED) is 0.429. The molecule has 0 radical (unpaired) electrons. The SMILES string of the molecule is CC(C)(C)N(C(=O)c1ccccc1)N(COC(=O)CCN)C(=O)c1ccc(Cl)cc1. The van der Waals surface area contributed by atoms with Gasteiger partial charge < -0.3 is 10.5 Å². The molecule has 0 unspecified atom stereocenters. The van der Waals surface area contributed by atoms with Crippen molar-refractivity contribution in [1.82, 2.24) is 10.0 Å². The number of ether oxygens (including phenoxy) is 1. The lowest BCUT2D eigenvalue weighted by molar-refractivity contribution is -0.156. The van der Waals surface area contributed by atoms with Crippen LogP contribution >= 0.6 is 11.6 Å². The van der Waals surface area contributed by atoms with Gasteiger partial charge in [-0.05, 0) is 57.2 Å². The van der Waals surface area contributed by atoms with Gasteiger partial charge in [-0.15, -0.1) is 0 Å². The van der Waals surface area contributed by atoms with Crippen LogP contribution < -0.4 is 5.73 Å². The summed E-state index contributed by atoms with van der Waals surface area (Å²) in [6.45, 7) is 5.05. The first-order chi connectivity index (χ1) is 14.1. The molecule has 2 N–H and O–H groups in total. The highest BCUT2D eigenvalue weighted by Gasteiger charge is 2.36. The number of carbonyl (C=O) groups excluding carboxylic acids is 3. The van der Waals surface area contributed by atoms with Gasteiger partial charge in [-0.25, -0.2) is 10.0 Å². The van der Waals surface area contributed by atoms with Crippen molar-refractivity contribution in [1.29, 1.82) is 0 Å². The number of hydrogen-bond acceptors (Lipinski definition) is 5. The van der Waals surface area contributed by atoms with Crippen LogP contribution in [0, 0.1) is 0 Å². The van der Waals surface area contributed by atoms with Crippen LogP contribution in [0.25, 0.3) is 0 Å². The minimum atomic E-state index is -0.796. The van der Waals surface area contributed by atoms with Gasteiger partial charge in [0, 0.05) is 22.7 Å². The lowest BCUT2D eigenvalue weighted by Crippen LogP contribution is -2.58. The number of amides is 2. The summed E-state index contributed by atoms with van der Waals surface area (Å²) >= 11 is 5.93. The topological polar surface area (TPSA) is 92.9 Å². The summed E-state index contributed by atoms with van der Waals surface area (Å²) in [6.07, 6.45) is 0.00508. The highest BCUT2D eigenvalue weighted by atomic mass is 35.5. The molecule has 8 heteroatoms. The van der Waals surface area contributed by atoms with Crippen molar-refractivity contribution in [3.8, 4) is 0 Å². The van der Waals surface area contributed by atoms with E-state index in [1.807, 2.05) is 0 Å². The molecule has 30 heavy (non-hydrogen) atoms. The Bertz CT molecular complexity index is 880. The monoisotopic (exact) mass is 431 g/mol. The fourth-order valence-electron chi connectivity index (χ4n) is 2.75. The van der Waals surface area contributed by atoms with E-state index in [-0.39, 0.29) is 13.0 Å². The Morgan fingerprint density at radius 2 is 1.50 bits per heavy atom. The summed E-state index contributed by atoms with van der Waals surface area (Å²) < 4.78 is 5.24. The Labute approximate surface area is 181 Å². The first kappa shape index (κ1) is 23.4. The first-order valence-corrected chi connectivity index (χ1v) is 9.85. The van der Waals surface area contributed by atoms with E-state index in [9.17, 15) is 14.4 Å². The fourth-order valence-corrected chi connectivity index (χ4v) is 2.88. The van der Waals surface area contributed by atoms with E-state index in [1.165, 1.54) is 5.01 Å². The summed E-state index contributed by atoms with van der Waals surface area (Å²) in [6, 6.07) is 14.8. The predicted octanol–water partition coefficient (Wildman–Crippen LogP) is 3.49. The maximum absolute atomic E-state index is 13.3. The number of benzene rings is 2. The second kappa shape index (κ2) is 10.2. The van der Waals surface area contributed by atoms with Crippen LogP contribution in [0.4, 0.5) is 0 Å². The molecule has 0 aromatic heterocycles. The predicted molar refractivity (Wildman–Crippen MR) is 115 cm³/mol. The minimum Gasteiger partial charge on any atom is -0.442 e. The van der Waals surface area contributed by atoms with Crippen molar-refractivity contribution in [2.75, 3.05) is 13.3 Å². The van der Waals surface area contributed by atoms with E-state index in [2.05, 4.69) is 0 Å². The fraction of sp³-hybridized carbons (Fsp3) is 0.318. The third-order valence-corrected chi connectivity index (χ3v) is 4.36. The van der Waals surface area contributed by atoms with Crippen molar-refractivity contribution in [2.24, 2.45) is 5.73 Å². The summed E-state index contributed by atoms with van der Waals surface area (Å²) in [4.78, 5) is 38.6. The Hall–Kier alpha value is -2.90. The number of hydrazine groups is 1. The molecular weight excluding hydrogens is 406 g/mol. The summed E-state index contributed by atoms with van der Waals surface area (Å²) in [7, 11) is 0. The van der Waals surface area contributed by atoms with E-state index in [1.54, 1.807) is 75.4 Å².